The molecule has 0 amide bonds. The van der Waals surface area contributed by atoms with E-state index in [1.807, 2.05) is 13.8 Å². The van der Waals surface area contributed by atoms with Crippen molar-refractivity contribution in [2.45, 2.75) is 52.1 Å². The largest absolute Gasteiger partial charge is 0.464 e. The summed E-state index contributed by atoms with van der Waals surface area (Å²) in [6, 6.07) is 1.10. The van der Waals surface area contributed by atoms with Crippen LogP contribution in [0.25, 0.3) is 0 Å². The highest BCUT2D eigenvalue weighted by atomic mass is 28.3. The lowest BCUT2D eigenvalue weighted by molar-refractivity contribution is 0.0586. The van der Waals surface area contributed by atoms with Gasteiger partial charge in [0, 0.05) is 20.6 Å². The smallest absolute Gasteiger partial charge is 0.358 e. The van der Waals surface area contributed by atoms with Crippen LogP contribution in [0.3, 0.4) is 0 Å². The molecule has 1 aromatic rings. The molecule has 0 saturated heterocycles. The lowest BCUT2D eigenvalue weighted by Gasteiger charge is -2.15. The van der Waals surface area contributed by atoms with Crippen LogP contribution >= 0.6 is 0 Å². The molecule has 0 unspecified atom stereocenters. The first-order valence-electron chi connectivity index (χ1n) is 6.99. The summed E-state index contributed by atoms with van der Waals surface area (Å²) in [6.45, 7) is 12.1. The highest BCUT2D eigenvalue weighted by Crippen LogP contribution is 2.16. The van der Waals surface area contributed by atoms with Gasteiger partial charge in [-0.2, -0.15) is 0 Å². The highest BCUT2D eigenvalue weighted by Gasteiger charge is 2.20. The summed E-state index contributed by atoms with van der Waals surface area (Å²) in [7, 11) is 0.270. The maximum atomic E-state index is 11.7. The number of esters is 1. The van der Waals surface area contributed by atoms with Crippen molar-refractivity contribution >= 4 is 14.0 Å². The summed E-state index contributed by atoms with van der Waals surface area (Å²) in [5.74, 6) is 0.597. The first-order valence-corrected chi connectivity index (χ1v) is 10.7. The van der Waals surface area contributed by atoms with Crippen LogP contribution in [0.2, 0.25) is 25.7 Å². The van der Waals surface area contributed by atoms with E-state index in [0.717, 1.165) is 11.9 Å². The Hall–Kier alpha value is -1.14. The summed E-state index contributed by atoms with van der Waals surface area (Å²) in [5.41, 5.74) is 1.04. The second kappa shape index (κ2) is 7.03. The average molecular weight is 298 g/mol. The molecule has 0 atom stereocenters. The lowest BCUT2D eigenvalue weighted by Crippen LogP contribution is -2.21. The number of imidazole rings is 1. The van der Waals surface area contributed by atoms with Crippen LogP contribution in [0, 0.1) is 0 Å². The minimum Gasteiger partial charge on any atom is -0.464 e. The number of H-pyrrole nitrogens is 1. The minimum absolute atomic E-state index is 0.231. The Labute approximate surface area is 122 Å². The van der Waals surface area contributed by atoms with Crippen molar-refractivity contribution in [3.8, 4) is 0 Å². The summed E-state index contributed by atoms with van der Waals surface area (Å²) in [4.78, 5) is 19.2. The van der Waals surface area contributed by atoms with Gasteiger partial charge < -0.3 is 14.5 Å². The summed E-state index contributed by atoms with van der Waals surface area (Å²) in [5, 5.41) is 0. The molecule has 0 saturated carbocycles. The van der Waals surface area contributed by atoms with E-state index in [-0.39, 0.29) is 5.92 Å². The number of carbonyl (C=O) groups is 1. The van der Waals surface area contributed by atoms with Crippen molar-refractivity contribution in [3.05, 3.63) is 17.2 Å². The van der Waals surface area contributed by atoms with Crippen LogP contribution < -0.4 is 0 Å². The molecular formula is C14H26N2O3Si. The van der Waals surface area contributed by atoms with E-state index < -0.39 is 14.0 Å². The zero-order valence-corrected chi connectivity index (χ0v) is 14.4. The lowest BCUT2D eigenvalue weighted by atomic mass is 10.2. The fraction of sp³-hybridized carbons (Fsp3) is 0.714. The molecule has 1 N–H and O–H groups in total. The van der Waals surface area contributed by atoms with Gasteiger partial charge in [-0.15, -0.1) is 0 Å². The minimum atomic E-state index is -1.09. The van der Waals surface area contributed by atoms with Crippen molar-refractivity contribution in [2.24, 2.45) is 0 Å². The van der Waals surface area contributed by atoms with Crippen molar-refractivity contribution in [3.63, 3.8) is 0 Å². The van der Waals surface area contributed by atoms with E-state index in [4.69, 9.17) is 9.47 Å². The quantitative estimate of drug-likeness (QED) is 0.477. The number of rotatable bonds is 7. The zero-order chi connectivity index (χ0) is 15.3. The third kappa shape index (κ3) is 5.09. The van der Waals surface area contributed by atoms with Crippen molar-refractivity contribution in [1.29, 1.82) is 0 Å². The van der Waals surface area contributed by atoms with Gasteiger partial charge in [-0.3, -0.25) is 0 Å². The SMILES string of the molecule is COC(=O)c1nc(C(C)C)[nH]c1COCC[Si](C)(C)C. The van der Waals surface area contributed by atoms with Crippen molar-refractivity contribution in [1.82, 2.24) is 9.97 Å². The molecule has 0 aliphatic carbocycles. The van der Waals surface area contributed by atoms with E-state index >= 15 is 0 Å². The number of aromatic nitrogens is 2. The number of nitrogens with zero attached hydrogens (tertiary/aromatic N) is 1. The molecule has 0 bridgehead atoms. The van der Waals surface area contributed by atoms with Gasteiger partial charge in [-0.25, -0.2) is 9.78 Å². The number of hydrogen-bond acceptors (Lipinski definition) is 4. The highest BCUT2D eigenvalue weighted by molar-refractivity contribution is 6.76. The van der Waals surface area contributed by atoms with Gasteiger partial charge >= 0.3 is 5.97 Å². The monoisotopic (exact) mass is 298 g/mol. The van der Waals surface area contributed by atoms with E-state index in [1.54, 1.807) is 0 Å². The molecule has 1 aromatic heterocycles. The third-order valence-corrected chi connectivity index (χ3v) is 4.67. The summed E-state index contributed by atoms with van der Waals surface area (Å²) < 4.78 is 10.4. The first kappa shape index (κ1) is 16.9. The molecule has 0 aliphatic rings. The molecule has 6 heteroatoms. The Balaban J connectivity index is 2.70. The fourth-order valence-electron chi connectivity index (χ4n) is 1.63. The molecular weight excluding hydrogens is 272 g/mol. The van der Waals surface area contributed by atoms with Gasteiger partial charge in [-0.05, 0) is 6.04 Å². The van der Waals surface area contributed by atoms with E-state index in [0.29, 0.717) is 24.6 Å². The van der Waals surface area contributed by atoms with Crippen LogP contribution in [0.15, 0.2) is 0 Å². The predicted molar refractivity (Wildman–Crippen MR) is 81.8 cm³/mol. The molecule has 1 rings (SSSR count). The predicted octanol–water partition coefficient (Wildman–Crippen LogP) is 3.17. The average Bonchev–Trinajstić information content (AvgIpc) is 2.77. The molecule has 0 aromatic carbocycles. The first-order chi connectivity index (χ1) is 9.24. The number of methoxy groups -OCH3 is 1. The van der Waals surface area contributed by atoms with Gasteiger partial charge in [0.15, 0.2) is 5.69 Å². The Morgan fingerprint density at radius 3 is 2.50 bits per heavy atom. The standard InChI is InChI=1S/C14H26N2O3Si/c1-10(2)13-15-11(12(16-13)14(17)18-3)9-19-7-8-20(4,5)6/h10H,7-9H2,1-6H3,(H,15,16). The van der Waals surface area contributed by atoms with E-state index in [9.17, 15) is 4.79 Å². The molecule has 114 valence electrons. The molecule has 0 radical (unpaired) electrons. The van der Waals surface area contributed by atoms with Gasteiger partial charge in [0.05, 0.1) is 19.4 Å². The maximum Gasteiger partial charge on any atom is 0.358 e. The van der Waals surface area contributed by atoms with Gasteiger partial charge in [-0.1, -0.05) is 33.5 Å². The number of nitrogens with one attached hydrogen (secondary N) is 1. The number of carbonyl (C=O) groups excluding carboxylic acids is 1. The van der Waals surface area contributed by atoms with E-state index in [2.05, 4.69) is 29.6 Å². The Kier molecular flexibility index (Phi) is 5.95. The Morgan fingerprint density at radius 1 is 1.35 bits per heavy atom. The molecule has 20 heavy (non-hydrogen) atoms. The zero-order valence-electron chi connectivity index (χ0n) is 13.4. The number of hydrogen-bond donors (Lipinski definition) is 1. The normalized spacial score (nSPS) is 11.9. The maximum absolute atomic E-state index is 11.7. The van der Waals surface area contributed by atoms with Crippen molar-refractivity contribution in [2.75, 3.05) is 13.7 Å². The van der Waals surface area contributed by atoms with Crippen LogP contribution in [-0.2, 0) is 16.1 Å². The van der Waals surface area contributed by atoms with Crippen LogP contribution in [0.4, 0.5) is 0 Å². The Morgan fingerprint density at radius 2 is 2.00 bits per heavy atom. The fourth-order valence-corrected chi connectivity index (χ4v) is 2.38. The Bertz CT molecular complexity index is 450. The van der Waals surface area contributed by atoms with Gasteiger partial charge in [0.25, 0.3) is 0 Å². The molecule has 0 fully saturated rings. The van der Waals surface area contributed by atoms with Crippen LogP contribution in [-0.4, -0.2) is 37.7 Å². The van der Waals surface area contributed by atoms with E-state index in [1.165, 1.54) is 7.11 Å². The molecule has 0 aliphatic heterocycles. The number of aromatic amines is 1. The molecule has 1 heterocycles. The molecule has 5 nitrogen and oxygen atoms in total. The summed E-state index contributed by atoms with van der Waals surface area (Å²) in [6.07, 6.45) is 0. The van der Waals surface area contributed by atoms with Gasteiger partial charge in [0.1, 0.15) is 5.82 Å². The second-order valence-corrected chi connectivity index (χ2v) is 12.1. The van der Waals surface area contributed by atoms with Crippen molar-refractivity contribution < 1.29 is 14.3 Å². The second-order valence-electron chi connectivity index (χ2n) is 6.46. The third-order valence-electron chi connectivity index (χ3n) is 2.97. The van der Waals surface area contributed by atoms with Crippen LogP contribution in [0.1, 0.15) is 41.8 Å². The topological polar surface area (TPSA) is 64.2 Å². The molecule has 0 spiro atoms. The summed E-state index contributed by atoms with van der Waals surface area (Å²) >= 11 is 0. The van der Waals surface area contributed by atoms with Crippen LogP contribution in [0.5, 0.6) is 0 Å². The number of ether oxygens (including phenoxy) is 2. The van der Waals surface area contributed by atoms with Gasteiger partial charge in [0.2, 0.25) is 0 Å².